The zero-order chi connectivity index (χ0) is 7.56. The van der Waals surface area contributed by atoms with E-state index in [1.165, 1.54) is 0 Å². The Morgan fingerprint density at radius 3 is 2.80 bits per heavy atom. The zero-order valence-electron chi connectivity index (χ0n) is 6.26. The highest BCUT2D eigenvalue weighted by Gasteiger charge is 2.22. The van der Waals surface area contributed by atoms with Crippen LogP contribution < -0.4 is 0 Å². The van der Waals surface area contributed by atoms with Gasteiger partial charge >= 0.3 is 0 Å². The van der Waals surface area contributed by atoms with Crippen molar-refractivity contribution >= 4 is 5.78 Å². The van der Waals surface area contributed by atoms with Crippen molar-refractivity contribution in [1.29, 1.82) is 0 Å². The number of hydrogen-bond donors (Lipinski definition) is 0. The maximum absolute atomic E-state index is 10.9. The summed E-state index contributed by atoms with van der Waals surface area (Å²) in [5, 5.41) is 0. The van der Waals surface area contributed by atoms with Crippen LogP contribution in [0.4, 0.5) is 0 Å². The summed E-state index contributed by atoms with van der Waals surface area (Å²) in [6, 6.07) is 0. The summed E-state index contributed by atoms with van der Waals surface area (Å²) in [5.41, 5.74) is 0. The van der Waals surface area contributed by atoms with Gasteiger partial charge in [0.1, 0.15) is 5.78 Å². The molecule has 0 aliphatic heterocycles. The molecule has 54 valence electrons. The largest absolute Gasteiger partial charge is 0.300 e. The molecule has 0 saturated heterocycles. The molecule has 1 aliphatic carbocycles. The number of carbonyl (C=O) groups is 1. The van der Waals surface area contributed by atoms with E-state index >= 15 is 0 Å². The van der Waals surface area contributed by atoms with Crippen molar-refractivity contribution in [3.63, 3.8) is 0 Å². The molecule has 0 heterocycles. The molecule has 0 N–H and O–H groups in total. The minimum atomic E-state index is 0.219. The smallest absolute Gasteiger partial charge is 0.134 e. The second-order valence-corrected chi connectivity index (χ2v) is 3.15. The average Bonchev–Trinajstić information content (AvgIpc) is 1.85. The van der Waals surface area contributed by atoms with E-state index in [4.69, 9.17) is 6.42 Å². The molecule has 0 amide bonds. The average molecular weight is 136 g/mol. The van der Waals surface area contributed by atoms with Gasteiger partial charge in [-0.1, -0.05) is 6.92 Å². The molecule has 0 aromatic carbocycles. The number of Topliss-reactive ketones (excluding diaryl/α,β-unsaturated/α-hetero) is 1. The minimum Gasteiger partial charge on any atom is -0.300 e. The molecule has 2 atom stereocenters. The van der Waals surface area contributed by atoms with Crippen molar-refractivity contribution in [2.75, 3.05) is 0 Å². The number of rotatable bonds is 0. The van der Waals surface area contributed by atoms with Crippen molar-refractivity contribution < 1.29 is 4.79 Å². The Morgan fingerprint density at radius 1 is 1.60 bits per heavy atom. The van der Waals surface area contributed by atoms with Gasteiger partial charge in [-0.2, -0.15) is 0 Å². The molecule has 1 fully saturated rings. The van der Waals surface area contributed by atoms with Crippen LogP contribution in [-0.4, -0.2) is 5.78 Å². The molecule has 10 heavy (non-hydrogen) atoms. The van der Waals surface area contributed by atoms with E-state index in [0.29, 0.717) is 18.1 Å². The molecule has 2 unspecified atom stereocenters. The minimum absolute atomic E-state index is 0.219. The Labute approximate surface area is 61.8 Å². The molecular formula is C9H12O. The SMILES string of the molecule is C#CC1CC(=O)CC(C)C1. The fourth-order valence-corrected chi connectivity index (χ4v) is 1.53. The molecule has 0 aromatic rings. The first-order valence-electron chi connectivity index (χ1n) is 3.70. The Hall–Kier alpha value is -0.770. The summed E-state index contributed by atoms with van der Waals surface area (Å²) in [7, 11) is 0. The highest BCUT2D eigenvalue weighted by atomic mass is 16.1. The lowest BCUT2D eigenvalue weighted by Gasteiger charge is -2.21. The Bertz CT molecular complexity index is 176. The van der Waals surface area contributed by atoms with Gasteiger partial charge in [-0.05, 0) is 12.3 Å². The molecule has 1 heteroatoms. The maximum Gasteiger partial charge on any atom is 0.134 e. The van der Waals surface area contributed by atoms with Crippen LogP contribution in [0.15, 0.2) is 0 Å². The molecule has 1 nitrogen and oxygen atoms in total. The quantitative estimate of drug-likeness (QED) is 0.462. The molecule has 0 radical (unpaired) electrons. The molecular weight excluding hydrogens is 124 g/mol. The third kappa shape index (κ3) is 1.60. The topological polar surface area (TPSA) is 17.1 Å². The van der Waals surface area contributed by atoms with Crippen molar-refractivity contribution in [3.05, 3.63) is 0 Å². The van der Waals surface area contributed by atoms with Crippen LogP contribution in [-0.2, 0) is 4.79 Å². The summed E-state index contributed by atoms with van der Waals surface area (Å²) >= 11 is 0. The third-order valence-corrected chi connectivity index (χ3v) is 1.97. The Morgan fingerprint density at radius 2 is 2.30 bits per heavy atom. The number of carbonyl (C=O) groups excluding carboxylic acids is 1. The van der Waals surface area contributed by atoms with Gasteiger partial charge in [0.25, 0.3) is 0 Å². The molecule has 0 bridgehead atoms. The molecule has 1 saturated carbocycles. The molecule has 0 spiro atoms. The third-order valence-electron chi connectivity index (χ3n) is 1.97. The van der Waals surface area contributed by atoms with Crippen molar-refractivity contribution in [2.24, 2.45) is 11.8 Å². The summed E-state index contributed by atoms with van der Waals surface area (Å²) in [4.78, 5) is 10.9. The van der Waals surface area contributed by atoms with Gasteiger partial charge in [-0.25, -0.2) is 0 Å². The lowest BCUT2D eigenvalue weighted by atomic mass is 9.82. The first kappa shape index (κ1) is 7.34. The molecule has 1 aliphatic rings. The standard InChI is InChI=1S/C9H12O/c1-3-8-4-7(2)5-9(10)6-8/h1,7-8H,4-6H2,2H3. The first-order chi connectivity index (χ1) is 4.72. The maximum atomic E-state index is 10.9. The van der Waals surface area contributed by atoms with Crippen LogP contribution in [0.1, 0.15) is 26.2 Å². The highest BCUT2D eigenvalue weighted by molar-refractivity contribution is 5.80. The van der Waals surface area contributed by atoms with E-state index in [1.807, 2.05) is 0 Å². The van der Waals surface area contributed by atoms with Crippen LogP contribution in [0.3, 0.4) is 0 Å². The Kier molecular flexibility index (Phi) is 2.11. The van der Waals surface area contributed by atoms with Gasteiger partial charge in [0, 0.05) is 18.8 Å². The van der Waals surface area contributed by atoms with Gasteiger partial charge < -0.3 is 0 Å². The highest BCUT2D eigenvalue weighted by Crippen LogP contribution is 2.25. The van der Waals surface area contributed by atoms with Crippen molar-refractivity contribution in [1.82, 2.24) is 0 Å². The summed E-state index contributed by atoms with van der Waals surface area (Å²) in [6.45, 7) is 2.08. The predicted molar refractivity (Wildman–Crippen MR) is 40.3 cm³/mol. The lowest BCUT2D eigenvalue weighted by molar-refractivity contribution is -0.122. The van der Waals surface area contributed by atoms with E-state index in [1.54, 1.807) is 0 Å². The van der Waals surface area contributed by atoms with E-state index < -0.39 is 0 Å². The van der Waals surface area contributed by atoms with Gasteiger partial charge in [0.05, 0.1) is 0 Å². The van der Waals surface area contributed by atoms with Crippen molar-refractivity contribution in [3.8, 4) is 12.3 Å². The number of hydrogen-bond acceptors (Lipinski definition) is 1. The van der Waals surface area contributed by atoms with Gasteiger partial charge in [-0.3, -0.25) is 4.79 Å². The van der Waals surface area contributed by atoms with E-state index in [-0.39, 0.29) is 5.92 Å². The van der Waals surface area contributed by atoms with Crippen LogP contribution >= 0.6 is 0 Å². The van der Waals surface area contributed by atoms with Crippen LogP contribution in [0, 0.1) is 24.2 Å². The van der Waals surface area contributed by atoms with Gasteiger partial charge in [-0.15, -0.1) is 12.3 Å². The van der Waals surface area contributed by atoms with Gasteiger partial charge in [0.15, 0.2) is 0 Å². The van der Waals surface area contributed by atoms with Crippen molar-refractivity contribution in [2.45, 2.75) is 26.2 Å². The fraction of sp³-hybridized carbons (Fsp3) is 0.667. The van der Waals surface area contributed by atoms with Crippen LogP contribution in [0.2, 0.25) is 0 Å². The second kappa shape index (κ2) is 2.88. The first-order valence-corrected chi connectivity index (χ1v) is 3.70. The van der Waals surface area contributed by atoms with Gasteiger partial charge in [0.2, 0.25) is 0 Å². The van der Waals surface area contributed by atoms with Crippen LogP contribution in [0.25, 0.3) is 0 Å². The Balaban J connectivity index is 2.52. The summed E-state index contributed by atoms with van der Waals surface area (Å²) in [6.07, 6.45) is 7.60. The molecule has 1 rings (SSSR count). The van der Waals surface area contributed by atoms with Crippen LogP contribution in [0.5, 0.6) is 0 Å². The predicted octanol–water partition coefficient (Wildman–Crippen LogP) is 1.62. The second-order valence-electron chi connectivity index (χ2n) is 3.15. The summed E-state index contributed by atoms with van der Waals surface area (Å²) < 4.78 is 0. The number of terminal acetylenes is 1. The zero-order valence-corrected chi connectivity index (χ0v) is 6.26. The fourth-order valence-electron chi connectivity index (χ4n) is 1.53. The normalized spacial score (nSPS) is 33.4. The van der Waals surface area contributed by atoms with E-state index in [9.17, 15) is 4.79 Å². The lowest BCUT2D eigenvalue weighted by Crippen LogP contribution is -2.19. The van der Waals surface area contributed by atoms with E-state index in [0.717, 1.165) is 12.8 Å². The monoisotopic (exact) mass is 136 g/mol. The van der Waals surface area contributed by atoms with E-state index in [2.05, 4.69) is 12.8 Å². The summed E-state index contributed by atoms with van der Waals surface area (Å²) in [5.74, 6) is 3.70. The number of ketones is 1. The molecule has 0 aromatic heterocycles.